The van der Waals surface area contributed by atoms with Gasteiger partial charge >= 0.3 is 56.2 Å². The van der Waals surface area contributed by atoms with Crippen molar-refractivity contribution in [1.82, 2.24) is 0 Å². The van der Waals surface area contributed by atoms with Crippen LogP contribution in [0.25, 0.3) is 0 Å². The van der Waals surface area contributed by atoms with Gasteiger partial charge in [-0.2, -0.15) is 0 Å². The van der Waals surface area contributed by atoms with Crippen molar-refractivity contribution in [2.45, 2.75) is 0 Å². The standard InChI is InChI=1S/BH3O3.Ba.7H2O.2H/c2-1(3)4;;;;;;;;;;/h2-4H;;7*1H2;;/q;+2;;;;;;;;2*-1. The number of rotatable bonds is 0. The Morgan fingerprint density at radius 3 is 0.583 bits per heavy atom. The van der Waals surface area contributed by atoms with Crippen molar-refractivity contribution in [2.24, 2.45) is 0 Å². The van der Waals surface area contributed by atoms with Crippen LogP contribution in [0.4, 0.5) is 0 Å². The predicted molar refractivity (Wildman–Crippen MR) is 45.7 cm³/mol. The normalized spacial score (nSPS) is 2.25. The van der Waals surface area contributed by atoms with E-state index in [4.69, 9.17) is 15.1 Å². The molecule has 12 heteroatoms. The van der Waals surface area contributed by atoms with Gasteiger partial charge in [-0.1, -0.05) is 0 Å². The van der Waals surface area contributed by atoms with Gasteiger partial charge < -0.3 is 56.3 Å². The molecule has 0 amide bonds. The monoisotopic (exact) mass is 328 g/mol. The first-order valence-electron chi connectivity index (χ1n) is 0.775. The van der Waals surface area contributed by atoms with Gasteiger partial charge in [-0.3, -0.25) is 0 Å². The first kappa shape index (κ1) is 110. The van der Waals surface area contributed by atoms with Gasteiger partial charge in [-0.25, -0.2) is 0 Å². The molecule has 0 heterocycles. The Labute approximate surface area is 112 Å². The number of hydrogen-bond donors (Lipinski definition) is 3. The second kappa shape index (κ2) is 86.1. The van der Waals surface area contributed by atoms with Crippen LogP contribution in [0.5, 0.6) is 0 Å². The molecule has 0 spiro atoms. The Morgan fingerprint density at radius 2 is 0.583 bits per heavy atom. The van der Waals surface area contributed by atoms with Crippen LogP contribution in [0.15, 0.2) is 0 Å². The second-order valence-electron chi connectivity index (χ2n) is 0.346. The maximum absolute atomic E-state index is 7.17. The second-order valence-corrected chi connectivity index (χ2v) is 0.346. The summed E-state index contributed by atoms with van der Waals surface area (Å²) >= 11 is 0. The Balaban J connectivity index is -0.000000001000. The SMILES string of the molecule is O.O.O.O.O.O.O.OB(O)O.[Ba+2].[H-].[H-]. The molecule has 0 bridgehead atoms. The molecule has 0 fully saturated rings. The fourth-order valence-corrected chi connectivity index (χ4v) is 0. The molecule has 84 valence electrons. The van der Waals surface area contributed by atoms with Gasteiger partial charge in [0.25, 0.3) is 0 Å². The zero-order chi connectivity index (χ0) is 3.58. The minimum absolute atomic E-state index is 0. The van der Waals surface area contributed by atoms with E-state index < -0.39 is 7.32 Å². The zero-order valence-electron chi connectivity index (χ0n) is 8.13. The molecule has 0 aromatic rings. The average molecular weight is 327 g/mol. The fraction of sp³-hybridized carbons (Fsp3) is 0. The minimum atomic E-state index is -2.17. The third-order valence-electron chi connectivity index (χ3n) is 0. The predicted octanol–water partition coefficient (Wildman–Crippen LogP) is -7.98. The average Bonchev–Trinajstić information content (AvgIpc) is 0.811. The summed E-state index contributed by atoms with van der Waals surface area (Å²) in [5, 5.41) is 21.5. The molecule has 17 N–H and O–H groups in total. The van der Waals surface area contributed by atoms with Crippen molar-refractivity contribution >= 4 is 56.2 Å². The van der Waals surface area contributed by atoms with E-state index >= 15 is 0 Å². The van der Waals surface area contributed by atoms with Crippen LogP contribution in [-0.2, 0) is 0 Å². The first-order valence-corrected chi connectivity index (χ1v) is 0.775. The molecule has 10 nitrogen and oxygen atoms in total. The molecule has 0 unspecified atom stereocenters. The van der Waals surface area contributed by atoms with E-state index in [1.54, 1.807) is 0 Å². The fourth-order valence-electron chi connectivity index (χ4n) is 0. The van der Waals surface area contributed by atoms with Crippen LogP contribution in [0.3, 0.4) is 0 Å². The van der Waals surface area contributed by atoms with Crippen LogP contribution in [0.1, 0.15) is 2.85 Å². The summed E-state index contributed by atoms with van der Waals surface area (Å²) in [6.45, 7) is 0. The van der Waals surface area contributed by atoms with E-state index in [0.717, 1.165) is 0 Å². The minimum Gasteiger partial charge on any atom is -1.00 e. The van der Waals surface area contributed by atoms with E-state index in [2.05, 4.69) is 0 Å². The summed E-state index contributed by atoms with van der Waals surface area (Å²) in [5.74, 6) is 0. The van der Waals surface area contributed by atoms with Gasteiger partial charge in [0.05, 0.1) is 0 Å². The molecular weight excluding hydrogens is 308 g/mol. The quantitative estimate of drug-likeness (QED) is 0.365. The molecule has 0 rings (SSSR count). The van der Waals surface area contributed by atoms with Crippen LogP contribution in [-0.4, -0.2) is 110 Å². The van der Waals surface area contributed by atoms with Gasteiger partial charge in [-0.05, 0) is 0 Å². The van der Waals surface area contributed by atoms with Crippen LogP contribution >= 0.6 is 0 Å². The van der Waals surface area contributed by atoms with E-state index in [-0.39, 0.29) is 90.1 Å². The first-order chi connectivity index (χ1) is 1.73. The summed E-state index contributed by atoms with van der Waals surface area (Å²) < 4.78 is 0. The van der Waals surface area contributed by atoms with Crippen molar-refractivity contribution in [1.29, 1.82) is 0 Å². The number of hydrogen-bond acceptors (Lipinski definition) is 3. The van der Waals surface area contributed by atoms with Crippen LogP contribution < -0.4 is 0 Å². The van der Waals surface area contributed by atoms with Gasteiger partial charge in [0.15, 0.2) is 0 Å². The van der Waals surface area contributed by atoms with Crippen LogP contribution in [0, 0.1) is 0 Å². The molecule has 0 saturated carbocycles. The molecule has 0 saturated heterocycles. The van der Waals surface area contributed by atoms with Gasteiger partial charge in [-0.15, -0.1) is 0 Å². The van der Waals surface area contributed by atoms with Crippen LogP contribution in [0.2, 0.25) is 0 Å². The van der Waals surface area contributed by atoms with E-state index in [0.29, 0.717) is 0 Å². The van der Waals surface area contributed by atoms with Gasteiger partial charge in [0.1, 0.15) is 0 Å². The van der Waals surface area contributed by atoms with E-state index in [1.807, 2.05) is 0 Å². The summed E-state index contributed by atoms with van der Waals surface area (Å²) in [4.78, 5) is 0. The van der Waals surface area contributed by atoms with Gasteiger partial charge in [0, 0.05) is 0 Å². The molecule has 0 aromatic carbocycles. The Hall–Kier alpha value is 1.24. The Morgan fingerprint density at radius 1 is 0.583 bits per heavy atom. The van der Waals surface area contributed by atoms with Gasteiger partial charge in [0.2, 0.25) is 0 Å². The molecular formula is H19BBaO10. The topological polar surface area (TPSA) is 281 Å². The Bertz CT molecular complexity index is 22.8. The summed E-state index contributed by atoms with van der Waals surface area (Å²) in [7, 11) is -2.17. The Kier molecular flexibility index (Phi) is 792. The summed E-state index contributed by atoms with van der Waals surface area (Å²) in [5.41, 5.74) is 0. The zero-order valence-corrected chi connectivity index (χ0v) is 10.6. The third kappa shape index (κ3) is 770. The molecule has 0 aliphatic heterocycles. The molecule has 0 aromatic heterocycles. The van der Waals surface area contributed by atoms with Crippen molar-refractivity contribution in [3.05, 3.63) is 0 Å². The summed E-state index contributed by atoms with van der Waals surface area (Å²) in [6.07, 6.45) is 0. The van der Waals surface area contributed by atoms with E-state index in [1.165, 1.54) is 0 Å². The van der Waals surface area contributed by atoms with Crippen molar-refractivity contribution < 1.29 is 56.3 Å². The molecule has 0 radical (unpaired) electrons. The third-order valence-corrected chi connectivity index (χ3v) is 0. The molecule has 0 aliphatic carbocycles. The summed E-state index contributed by atoms with van der Waals surface area (Å²) in [6, 6.07) is 0. The van der Waals surface area contributed by atoms with Crippen molar-refractivity contribution in [2.75, 3.05) is 0 Å². The van der Waals surface area contributed by atoms with Crippen molar-refractivity contribution in [3.8, 4) is 0 Å². The smallest absolute Gasteiger partial charge is 1.00 e. The maximum Gasteiger partial charge on any atom is 2.00 e. The maximum atomic E-state index is 7.17. The molecule has 0 atom stereocenters. The van der Waals surface area contributed by atoms with Crippen molar-refractivity contribution in [3.63, 3.8) is 0 Å². The largest absolute Gasteiger partial charge is 2.00 e. The van der Waals surface area contributed by atoms with E-state index in [9.17, 15) is 0 Å². The molecule has 0 aliphatic rings. The molecule has 12 heavy (non-hydrogen) atoms.